The third kappa shape index (κ3) is 3.92. The Hall–Kier alpha value is -3.75. The highest BCUT2D eigenvalue weighted by Gasteiger charge is 2.44. The zero-order valence-corrected chi connectivity index (χ0v) is 20.5. The lowest BCUT2D eigenvalue weighted by Crippen LogP contribution is -2.44. The molecular formula is C28H24N4O3S. The molecule has 0 saturated carbocycles. The average Bonchev–Trinajstić information content (AvgIpc) is 3.34. The van der Waals surface area contributed by atoms with Crippen molar-refractivity contribution in [2.24, 2.45) is 0 Å². The van der Waals surface area contributed by atoms with Gasteiger partial charge in [-0.25, -0.2) is 0 Å². The lowest BCUT2D eigenvalue weighted by atomic mass is 9.72. The minimum Gasteiger partial charge on any atom is -0.481 e. The van der Waals surface area contributed by atoms with E-state index in [0.717, 1.165) is 37.6 Å². The van der Waals surface area contributed by atoms with Crippen LogP contribution in [0, 0.1) is 0 Å². The Bertz CT molecular complexity index is 1590. The van der Waals surface area contributed by atoms with Crippen molar-refractivity contribution in [3.05, 3.63) is 84.6 Å². The third-order valence-electron chi connectivity index (χ3n) is 6.83. The van der Waals surface area contributed by atoms with Gasteiger partial charge in [-0.1, -0.05) is 30.0 Å². The molecule has 2 aromatic carbocycles. The normalized spacial score (nSPS) is 20.1. The molecule has 0 aliphatic carbocycles. The van der Waals surface area contributed by atoms with Gasteiger partial charge in [-0.15, -0.1) is 10.2 Å². The molecule has 1 aliphatic rings. The van der Waals surface area contributed by atoms with Crippen molar-refractivity contribution < 1.29 is 14.6 Å². The van der Waals surface area contributed by atoms with Gasteiger partial charge in [0.15, 0.2) is 11.5 Å². The van der Waals surface area contributed by atoms with Crippen molar-refractivity contribution in [2.45, 2.75) is 41.1 Å². The third-order valence-corrected chi connectivity index (χ3v) is 7.81. The van der Waals surface area contributed by atoms with Crippen molar-refractivity contribution in [3.8, 4) is 11.5 Å². The summed E-state index contributed by atoms with van der Waals surface area (Å²) >= 11 is 1.62. The summed E-state index contributed by atoms with van der Waals surface area (Å²) in [7, 11) is 0. The molecule has 0 radical (unpaired) electrons. The summed E-state index contributed by atoms with van der Waals surface area (Å²) in [6.45, 7) is 2.39. The lowest BCUT2D eigenvalue weighted by molar-refractivity contribution is -0.150. The second-order valence-corrected chi connectivity index (χ2v) is 10.3. The smallest absolute Gasteiger partial charge is 0.314 e. The molecule has 2 atom stereocenters. The molecule has 4 heterocycles. The van der Waals surface area contributed by atoms with Crippen LogP contribution < -0.4 is 0 Å². The molecule has 6 rings (SSSR count). The minimum absolute atomic E-state index is 0.0860. The number of fused-ring (bicyclic) bond motifs is 3. The molecule has 180 valence electrons. The molecular weight excluding hydrogens is 472 g/mol. The van der Waals surface area contributed by atoms with Crippen LogP contribution in [0.4, 0.5) is 0 Å². The van der Waals surface area contributed by atoms with Crippen LogP contribution in [0.1, 0.15) is 25.3 Å². The molecule has 3 aromatic heterocycles. The predicted octanol–water partition coefficient (Wildman–Crippen LogP) is 5.62. The number of pyridine rings is 2. The number of ether oxygens (including phenoxy) is 1. The maximum absolute atomic E-state index is 12.4. The molecule has 36 heavy (non-hydrogen) atoms. The monoisotopic (exact) mass is 496 g/mol. The first-order chi connectivity index (χ1) is 17.5. The number of hydrogen-bond donors (Lipinski definition) is 1. The van der Waals surface area contributed by atoms with E-state index in [1.165, 1.54) is 0 Å². The standard InChI is InChI=1S/C28H24N4O3S/c1-18-17-28(27(33)34,12-14-35-18)20-5-4-6-21(16-20)36-22-9-10-24-19(15-22)8-11-25-30-31-26(32(24)25)23-7-2-3-13-29-23/h2-11,13,15-16,18H,12,14,17H2,1H3,(H,33,34). The van der Waals surface area contributed by atoms with Gasteiger partial charge in [0, 0.05) is 22.6 Å². The number of aromatic nitrogens is 4. The fraction of sp³-hybridized carbons (Fsp3) is 0.214. The van der Waals surface area contributed by atoms with Crippen LogP contribution in [0.25, 0.3) is 28.1 Å². The van der Waals surface area contributed by atoms with E-state index in [1.807, 2.05) is 65.9 Å². The average molecular weight is 497 g/mol. The Kier molecular flexibility index (Phi) is 5.70. The highest BCUT2D eigenvalue weighted by atomic mass is 32.2. The first kappa shape index (κ1) is 22.7. The zero-order valence-electron chi connectivity index (χ0n) is 19.7. The Morgan fingerprint density at radius 1 is 1.06 bits per heavy atom. The number of aliphatic carboxylic acids is 1. The van der Waals surface area contributed by atoms with Crippen molar-refractivity contribution in [2.75, 3.05) is 6.61 Å². The molecule has 7 nitrogen and oxygen atoms in total. The van der Waals surface area contributed by atoms with Crippen molar-refractivity contribution in [3.63, 3.8) is 0 Å². The van der Waals surface area contributed by atoms with E-state index in [0.29, 0.717) is 25.3 Å². The topological polar surface area (TPSA) is 89.6 Å². The fourth-order valence-corrected chi connectivity index (χ4v) is 5.99. The molecule has 5 aromatic rings. The van der Waals surface area contributed by atoms with Crippen molar-refractivity contribution in [1.29, 1.82) is 0 Å². The summed E-state index contributed by atoms with van der Waals surface area (Å²) in [6, 6.07) is 24.0. The van der Waals surface area contributed by atoms with E-state index < -0.39 is 11.4 Å². The van der Waals surface area contributed by atoms with Crippen LogP contribution in [0.2, 0.25) is 0 Å². The van der Waals surface area contributed by atoms with Crippen LogP contribution in [-0.2, 0) is 14.9 Å². The number of benzene rings is 2. The van der Waals surface area contributed by atoms with Gasteiger partial charge in [0.25, 0.3) is 0 Å². The zero-order chi connectivity index (χ0) is 24.7. The second-order valence-electron chi connectivity index (χ2n) is 9.14. The predicted molar refractivity (Wildman–Crippen MR) is 138 cm³/mol. The number of carbonyl (C=O) groups is 1. The minimum atomic E-state index is -0.917. The van der Waals surface area contributed by atoms with Crippen molar-refractivity contribution >= 4 is 34.3 Å². The van der Waals surface area contributed by atoms with Gasteiger partial charge in [0.05, 0.1) is 17.0 Å². The molecule has 0 spiro atoms. The molecule has 1 saturated heterocycles. The highest BCUT2D eigenvalue weighted by molar-refractivity contribution is 7.99. The Morgan fingerprint density at radius 3 is 2.75 bits per heavy atom. The van der Waals surface area contributed by atoms with Crippen molar-refractivity contribution in [1.82, 2.24) is 19.6 Å². The Morgan fingerprint density at radius 2 is 1.94 bits per heavy atom. The SMILES string of the molecule is CC1CC(C(=O)O)(c2cccc(Sc3ccc4c(ccc5nnc(-c6ccccn6)n54)c3)c2)CCO1. The molecule has 0 bridgehead atoms. The van der Waals surface area contributed by atoms with Crippen LogP contribution in [0.15, 0.2) is 88.8 Å². The molecule has 8 heteroatoms. The molecule has 1 fully saturated rings. The van der Waals surface area contributed by atoms with Gasteiger partial charge in [0.2, 0.25) is 0 Å². The van der Waals surface area contributed by atoms with Gasteiger partial charge in [-0.05, 0) is 85.3 Å². The number of carboxylic acids is 1. The maximum Gasteiger partial charge on any atom is 0.314 e. The summed E-state index contributed by atoms with van der Waals surface area (Å²) < 4.78 is 7.67. The van der Waals surface area contributed by atoms with Crippen LogP contribution in [0.3, 0.4) is 0 Å². The van der Waals surface area contributed by atoms with E-state index in [-0.39, 0.29) is 6.10 Å². The quantitative estimate of drug-likeness (QED) is 0.338. The summed E-state index contributed by atoms with van der Waals surface area (Å²) in [5.74, 6) is -0.0823. The summed E-state index contributed by atoms with van der Waals surface area (Å²) in [5.41, 5.74) is 2.45. The van der Waals surface area contributed by atoms with Gasteiger partial charge in [-0.2, -0.15) is 0 Å². The van der Waals surface area contributed by atoms with E-state index in [4.69, 9.17) is 4.74 Å². The van der Waals surface area contributed by atoms with Gasteiger partial charge < -0.3 is 9.84 Å². The van der Waals surface area contributed by atoms with Gasteiger partial charge in [0.1, 0.15) is 5.69 Å². The van der Waals surface area contributed by atoms with E-state index in [1.54, 1.807) is 18.0 Å². The maximum atomic E-state index is 12.4. The molecule has 1 aliphatic heterocycles. The van der Waals surface area contributed by atoms with Crippen LogP contribution >= 0.6 is 11.8 Å². The fourth-order valence-electron chi connectivity index (χ4n) is 5.06. The number of hydrogen-bond acceptors (Lipinski definition) is 6. The summed E-state index contributed by atoms with van der Waals surface area (Å²) in [5, 5.41) is 19.9. The second kappa shape index (κ2) is 9.04. The van der Waals surface area contributed by atoms with E-state index in [9.17, 15) is 9.90 Å². The number of nitrogens with zero attached hydrogens (tertiary/aromatic N) is 4. The van der Waals surface area contributed by atoms with Gasteiger partial charge >= 0.3 is 5.97 Å². The number of carboxylic acid groups (broad SMARTS) is 1. The van der Waals surface area contributed by atoms with Gasteiger partial charge in [-0.3, -0.25) is 14.2 Å². The van der Waals surface area contributed by atoms with E-state index >= 15 is 0 Å². The molecule has 2 unspecified atom stereocenters. The van der Waals surface area contributed by atoms with Crippen LogP contribution in [0.5, 0.6) is 0 Å². The Balaban J connectivity index is 1.36. The molecule has 0 amide bonds. The largest absolute Gasteiger partial charge is 0.481 e. The first-order valence-corrected chi connectivity index (χ1v) is 12.7. The number of rotatable bonds is 5. The van der Waals surface area contributed by atoms with E-state index in [2.05, 4.69) is 33.4 Å². The Labute approximate surface area is 212 Å². The first-order valence-electron chi connectivity index (χ1n) is 11.9. The lowest BCUT2D eigenvalue weighted by Gasteiger charge is -2.37. The highest BCUT2D eigenvalue weighted by Crippen LogP contribution is 2.40. The summed E-state index contributed by atoms with van der Waals surface area (Å²) in [6.07, 6.45) is 2.61. The van der Waals surface area contributed by atoms with Crippen LogP contribution in [-0.4, -0.2) is 43.4 Å². The summed E-state index contributed by atoms with van der Waals surface area (Å²) in [4.78, 5) is 18.9. The molecule has 1 N–H and O–H groups in total.